The Bertz CT molecular complexity index is 889. The van der Waals surface area contributed by atoms with Gasteiger partial charge in [-0.1, -0.05) is 0 Å². The van der Waals surface area contributed by atoms with Gasteiger partial charge in [0.1, 0.15) is 17.2 Å². The van der Waals surface area contributed by atoms with Gasteiger partial charge in [0, 0.05) is 64.3 Å². The third kappa shape index (κ3) is 7.12. The minimum atomic E-state index is -0.878. The van der Waals surface area contributed by atoms with E-state index in [1.807, 2.05) is 20.8 Å². The van der Waals surface area contributed by atoms with Crippen molar-refractivity contribution in [2.45, 2.75) is 39.2 Å². The number of piperidine rings is 1. The van der Waals surface area contributed by atoms with Crippen molar-refractivity contribution in [3.8, 4) is 0 Å². The molecular formula is C24H34F2N4O4. The minimum absolute atomic E-state index is 0.0487. The third-order valence-corrected chi connectivity index (χ3v) is 6.07. The molecule has 0 saturated carbocycles. The number of hydrogen-bond acceptors (Lipinski definition) is 5. The lowest BCUT2D eigenvalue weighted by molar-refractivity contribution is -0.126. The number of nitrogens with one attached hydrogen (secondary N) is 1. The number of halogens is 2. The van der Waals surface area contributed by atoms with Gasteiger partial charge < -0.3 is 19.9 Å². The molecule has 2 saturated heterocycles. The van der Waals surface area contributed by atoms with Gasteiger partial charge in [0.05, 0.1) is 5.56 Å². The summed E-state index contributed by atoms with van der Waals surface area (Å²) in [5.74, 6) is -2.34. The van der Waals surface area contributed by atoms with Crippen molar-refractivity contribution in [3.05, 3.63) is 35.4 Å². The van der Waals surface area contributed by atoms with E-state index in [1.165, 1.54) is 4.90 Å². The first kappa shape index (κ1) is 25.9. The van der Waals surface area contributed by atoms with Crippen LogP contribution in [0.1, 0.15) is 44.0 Å². The molecule has 10 heteroatoms. The Morgan fingerprint density at radius 2 is 1.65 bits per heavy atom. The van der Waals surface area contributed by atoms with Crippen LogP contribution in [-0.2, 0) is 9.53 Å². The van der Waals surface area contributed by atoms with Crippen LogP contribution in [0.5, 0.6) is 0 Å². The second kappa shape index (κ2) is 11.1. The molecule has 8 nitrogen and oxygen atoms in total. The van der Waals surface area contributed by atoms with Gasteiger partial charge in [0.25, 0.3) is 5.91 Å². The van der Waals surface area contributed by atoms with Gasteiger partial charge in [0.2, 0.25) is 5.91 Å². The normalized spacial score (nSPS) is 18.0. The van der Waals surface area contributed by atoms with Crippen LogP contribution < -0.4 is 5.32 Å². The summed E-state index contributed by atoms with van der Waals surface area (Å²) in [6.45, 7) is 10.0. The largest absolute Gasteiger partial charge is 0.444 e. The van der Waals surface area contributed by atoms with Crippen LogP contribution in [0.25, 0.3) is 0 Å². The second-order valence-electron chi connectivity index (χ2n) is 9.79. The Labute approximate surface area is 199 Å². The lowest BCUT2D eigenvalue weighted by atomic mass is 9.95. The van der Waals surface area contributed by atoms with Crippen LogP contribution in [0.4, 0.5) is 13.6 Å². The SMILES string of the molecule is CC(C)(C)OC(=O)N1CCN(CCNC(=O)C2CCN(C(=O)c3ccc(F)cc3F)CC2)CC1. The molecule has 0 unspecified atom stereocenters. The topological polar surface area (TPSA) is 82.2 Å². The van der Waals surface area contributed by atoms with Crippen molar-refractivity contribution in [3.63, 3.8) is 0 Å². The molecule has 2 fully saturated rings. The average molecular weight is 481 g/mol. The lowest BCUT2D eigenvalue weighted by Gasteiger charge is -2.35. The highest BCUT2D eigenvalue weighted by Crippen LogP contribution is 2.21. The molecule has 1 aromatic rings. The number of likely N-dealkylation sites (tertiary alicyclic amines) is 1. The van der Waals surface area contributed by atoms with Crippen LogP contribution in [0, 0.1) is 17.6 Å². The predicted octanol–water partition coefficient (Wildman–Crippen LogP) is 2.49. The summed E-state index contributed by atoms with van der Waals surface area (Å²) in [7, 11) is 0. The molecule has 3 rings (SSSR count). The number of carbonyl (C=O) groups excluding carboxylic acids is 3. The van der Waals surface area contributed by atoms with Crippen LogP contribution in [0.2, 0.25) is 0 Å². The average Bonchev–Trinajstić information content (AvgIpc) is 2.78. The third-order valence-electron chi connectivity index (χ3n) is 6.07. The number of rotatable bonds is 5. The van der Waals surface area contributed by atoms with Crippen molar-refractivity contribution in [2.24, 2.45) is 5.92 Å². The molecule has 0 spiro atoms. The number of amides is 3. The zero-order valence-corrected chi connectivity index (χ0v) is 20.1. The molecule has 1 aromatic carbocycles. The number of carbonyl (C=O) groups is 3. The Balaban J connectivity index is 1.34. The summed E-state index contributed by atoms with van der Waals surface area (Å²) in [4.78, 5) is 42.6. The molecule has 0 atom stereocenters. The summed E-state index contributed by atoms with van der Waals surface area (Å²) >= 11 is 0. The quantitative estimate of drug-likeness (QED) is 0.700. The van der Waals surface area contributed by atoms with E-state index in [1.54, 1.807) is 4.90 Å². The van der Waals surface area contributed by atoms with E-state index in [2.05, 4.69) is 10.2 Å². The van der Waals surface area contributed by atoms with Gasteiger partial charge >= 0.3 is 6.09 Å². The molecule has 0 aromatic heterocycles. The Kier molecular flexibility index (Phi) is 8.46. The second-order valence-corrected chi connectivity index (χ2v) is 9.79. The highest BCUT2D eigenvalue weighted by molar-refractivity contribution is 5.94. The number of benzene rings is 1. The summed E-state index contributed by atoms with van der Waals surface area (Å²) < 4.78 is 32.4. The Hall–Kier alpha value is -2.75. The first-order valence-electron chi connectivity index (χ1n) is 11.8. The lowest BCUT2D eigenvalue weighted by Crippen LogP contribution is -2.51. The molecule has 188 valence electrons. The van der Waals surface area contributed by atoms with Crippen molar-refractivity contribution < 1.29 is 27.9 Å². The highest BCUT2D eigenvalue weighted by Gasteiger charge is 2.29. The van der Waals surface area contributed by atoms with E-state index in [9.17, 15) is 23.2 Å². The van der Waals surface area contributed by atoms with E-state index in [-0.39, 0.29) is 23.5 Å². The Morgan fingerprint density at radius 3 is 2.24 bits per heavy atom. The molecule has 0 bridgehead atoms. The molecule has 34 heavy (non-hydrogen) atoms. The van der Waals surface area contributed by atoms with Gasteiger partial charge in [0.15, 0.2) is 0 Å². The summed E-state index contributed by atoms with van der Waals surface area (Å²) in [6, 6.07) is 2.91. The van der Waals surface area contributed by atoms with Gasteiger partial charge in [-0.2, -0.15) is 0 Å². The maximum absolute atomic E-state index is 13.9. The molecule has 2 aliphatic rings. The Morgan fingerprint density at radius 1 is 1.00 bits per heavy atom. The molecule has 2 heterocycles. The molecule has 0 aliphatic carbocycles. The van der Waals surface area contributed by atoms with E-state index >= 15 is 0 Å². The van der Waals surface area contributed by atoms with Gasteiger partial charge in [-0.05, 0) is 45.7 Å². The van der Waals surface area contributed by atoms with Crippen molar-refractivity contribution in [1.29, 1.82) is 0 Å². The highest BCUT2D eigenvalue weighted by atomic mass is 19.1. The van der Waals surface area contributed by atoms with Crippen molar-refractivity contribution in [2.75, 3.05) is 52.4 Å². The fourth-order valence-electron chi connectivity index (χ4n) is 4.14. The van der Waals surface area contributed by atoms with Crippen LogP contribution >= 0.6 is 0 Å². The molecule has 1 N–H and O–H groups in total. The predicted molar refractivity (Wildman–Crippen MR) is 122 cm³/mol. The van der Waals surface area contributed by atoms with Crippen LogP contribution in [-0.4, -0.2) is 90.6 Å². The molecule has 2 aliphatic heterocycles. The molecule has 3 amide bonds. The summed E-state index contributed by atoms with van der Waals surface area (Å²) in [5, 5.41) is 2.96. The van der Waals surface area contributed by atoms with Gasteiger partial charge in [-0.3, -0.25) is 14.5 Å². The van der Waals surface area contributed by atoms with Crippen molar-refractivity contribution in [1.82, 2.24) is 20.0 Å². The summed E-state index contributed by atoms with van der Waals surface area (Å²) in [6.07, 6.45) is 0.691. The first-order valence-corrected chi connectivity index (χ1v) is 11.8. The maximum atomic E-state index is 13.9. The van der Waals surface area contributed by atoms with Gasteiger partial charge in [-0.15, -0.1) is 0 Å². The number of hydrogen-bond donors (Lipinski definition) is 1. The number of nitrogens with zero attached hydrogens (tertiary/aromatic N) is 3. The minimum Gasteiger partial charge on any atom is -0.444 e. The van der Waals surface area contributed by atoms with E-state index in [0.717, 1.165) is 25.2 Å². The number of ether oxygens (including phenoxy) is 1. The monoisotopic (exact) mass is 480 g/mol. The fourth-order valence-corrected chi connectivity index (χ4v) is 4.14. The van der Waals surface area contributed by atoms with E-state index in [0.29, 0.717) is 58.2 Å². The van der Waals surface area contributed by atoms with Crippen molar-refractivity contribution >= 4 is 17.9 Å². The smallest absolute Gasteiger partial charge is 0.410 e. The number of piperazine rings is 1. The van der Waals surface area contributed by atoms with Crippen LogP contribution in [0.3, 0.4) is 0 Å². The van der Waals surface area contributed by atoms with E-state index < -0.39 is 23.1 Å². The zero-order valence-electron chi connectivity index (χ0n) is 20.1. The standard InChI is InChI=1S/C24H34F2N4O4/c1-24(2,3)34-23(33)30-14-12-28(13-15-30)11-8-27-21(31)17-6-9-29(10-7-17)22(32)19-5-4-18(25)16-20(19)26/h4-5,16-17H,6-15H2,1-3H3,(H,27,31). The zero-order chi connectivity index (χ0) is 24.9. The molecular weight excluding hydrogens is 446 g/mol. The van der Waals surface area contributed by atoms with Crippen LogP contribution in [0.15, 0.2) is 18.2 Å². The maximum Gasteiger partial charge on any atom is 0.410 e. The molecule has 0 radical (unpaired) electrons. The fraction of sp³-hybridized carbons (Fsp3) is 0.625. The van der Waals surface area contributed by atoms with Gasteiger partial charge in [-0.25, -0.2) is 13.6 Å². The van der Waals surface area contributed by atoms with E-state index in [4.69, 9.17) is 4.74 Å². The first-order chi connectivity index (χ1) is 16.0. The summed E-state index contributed by atoms with van der Waals surface area (Å²) in [5.41, 5.74) is -0.671.